The number of amides is 1. The third kappa shape index (κ3) is 2.38. The van der Waals surface area contributed by atoms with Crippen molar-refractivity contribution in [1.29, 1.82) is 0 Å². The summed E-state index contributed by atoms with van der Waals surface area (Å²) in [6.07, 6.45) is 3.05. The van der Waals surface area contributed by atoms with Gasteiger partial charge in [0, 0.05) is 18.9 Å². The second-order valence-electron chi connectivity index (χ2n) is 3.63. The molecule has 0 N–H and O–H groups in total. The van der Waals surface area contributed by atoms with Crippen molar-refractivity contribution in [3.05, 3.63) is 48.3 Å². The van der Waals surface area contributed by atoms with Crippen molar-refractivity contribution in [2.45, 2.75) is 0 Å². The highest BCUT2D eigenvalue weighted by Gasteiger charge is 2.14. The number of hydrogen-bond donors (Lipinski definition) is 0. The van der Waals surface area contributed by atoms with Crippen LogP contribution in [0.4, 0.5) is 4.39 Å². The normalized spacial score (nSPS) is 10.4. The van der Waals surface area contributed by atoms with Gasteiger partial charge in [0.15, 0.2) is 0 Å². The van der Waals surface area contributed by atoms with Gasteiger partial charge in [-0.3, -0.25) is 9.63 Å². The van der Waals surface area contributed by atoms with E-state index in [9.17, 15) is 9.18 Å². The number of halogens is 1. The Kier molecular flexibility index (Phi) is 3.38. The third-order valence-corrected chi connectivity index (χ3v) is 2.49. The van der Waals surface area contributed by atoms with Gasteiger partial charge in [0.25, 0.3) is 5.91 Å². The molecular formula is C12H12FN3O2. The van der Waals surface area contributed by atoms with Crippen molar-refractivity contribution >= 4 is 5.91 Å². The van der Waals surface area contributed by atoms with Crippen molar-refractivity contribution in [3.63, 3.8) is 0 Å². The van der Waals surface area contributed by atoms with Gasteiger partial charge in [0.1, 0.15) is 17.8 Å². The number of benzene rings is 1. The highest BCUT2D eigenvalue weighted by molar-refractivity contribution is 5.91. The second kappa shape index (κ2) is 4.97. The van der Waals surface area contributed by atoms with Crippen molar-refractivity contribution in [3.8, 4) is 5.69 Å². The molecule has 1 aromatic heterocycles. The predicted molar refractivity (Wildman–Crippen MR) is 62.6 cm³/mol. The van der Waals surface area contributed by atoms with E-state index in [0.29, 0.717) is 0 Å². The van der Waals surface area contributed by atoms with Crippen LogP contribution in [0.25, 0.3) is 5.69 Å². The van der Waals surface area contributed by atoms with Crippen LogP contribution in [0.1, 0.15) is 10.5 Å². The topological polar surface area (TPSA) is 47.4 Å². The Morgan fingerprint density at radius 3 is 2.67 bits per heavy atom. The molecule has 0 aliphatic carbocycles. The summed E-state index contributed by atoms with van der Waals surface area (Å²) in [7, 11) is 2.90. The minimum Gasteiger partial charge on any atom is -0.305 e. The smallest absolute Gasteiger partial charge is 0.297 e. The SMILES string of the molecule is CON(C)C(=O)c1cn(-c2ccc(F)cc2)cn1. The fourth-order valence-corrected chi connectivity index (χ4v) is 1.43. The van der Waals surface area contributed by atoms with E-state index < -0.39 is 0 Å². The number of imidazole rings is 1. The minimum absolute atomic E-state index is 0.253. The van der Waals surface area contributed by atoms with E-state index in [2.05, 4.69) is 4.98 Å². The van der Waals surface area contributed by atoms with Gasteiger partial charge in [0.05, 0.1) is 7.11 Å². The Morgan fingerprint density at radius 2 is 2.06 bits per heavy atom. The second-order valence-corrected chi connectivity index (χ2v) is 3.63. The lowest BCUT2D eigenvalue weighted by Gasteiger charge is -2.11. The number of carbonyl (C=O) groups is 1. The summed E-state index contributed by atoms with van der Waals surface area (Å²) < 4.78 is 14.4. The molecule has 2 aromatic rings. The van der Waals surface area contributed by atoms with Crippen LogP contribution in [0, 0.1) is 5.82 Å². The predicted octanol–water partition coefficient (Wildman–Crippen LogP) is 1.64. The van der Waals surface area contributed by atoms with Gasteiger partial charge in [-0.2, -0.15) is 0 Å². The molecule has 94 valence electrons. The summed E-state index contributed by atoms with van der Waals surface area (Å²) in [5.41, 5.74) is 0.978. The molecule has 0 radical (unpaired) electrons. The number of hydrogen-bond acceptors (Lipinski definition) is 3. The average molecular weight is 249 g/mol. The zero-order valence-corrected chi connectivity index (χ0v) is 10.0. The van der Waals surface area contributed by atoms with Crippen LogP contribution in [0.2, 0.25) is 0 Å². The van der Waals surface area contributed by atoms with E-state index in [0.717, 1.165) is 10.8 Å². The first kappa shape index (κ1) is 12.3. The van der Waals surface area contributed by atoms with E-state index in [-0.39, 0.29) is 17.4 Å². The zero-order chi connectivity index (χ0) is 13.1. The largest absolute Gasteiger partial charge is 0.305 e. The molecule has 0 aliphatic heterocycles. The molecular weight excluding hydrogens is 237 g/mol. The van der Waals surface area contributed by atoms with Crippen molar-refractivity contribution in [1.82, 2.24) is 14.6 Å². The van der Waals surface area contributed by atoms with Gasteiger partial charge >= 0.3 is 0 Å². The summed E-state index contributed by atoms with van der Waals surface area (Å²) in [6.45, 7) is 0. The van der Waals surface area contributed by atoms with Crippen LogP contribution >= 0.6 is 0 Å². The van der Waals surface area contributed by atoms with Crippen LogP contribution in [-0.4, -0.2) is 34.7 Å². The van der Waals surface area contributed by atoms with Crippen molar-refractivity contribution < 1.29 is 14.0 Å². The monoisotopic (exact) mass is 249 g/mol. The van der Waals surface area contributed by atoms with Gasteiger partial charge in [-0.25, -0.2) is 14.4 Å². The highest BCUT2D eigenvalue weighted by Crippen LogP contribution is 2.10. The number of hydroxylamine groups is 2. The lowest BCUT2D eigenvalue weighted by molar-refractivity contribution is -0.0760. The van der Waals surface area contributed by atoms with Gasteiger partial charge in [0.2, 0.25) is 0 Å². The summed E-state index contributed by atoms with van der Waals surface area (Å²) in [5.74, 6) is -0.660. The maximum atomic E-state index is 12.8. The first-order valence-electron chi connectivity index (χ1n) is 5.24. The van der Waals surface area contributed by atoms with Gasteiger partial charge < -0.3 is 4.57 Å². The molecule has 1 aromatic carbocycles. The molecule has 0 saturated heterocycles. The lowest BCUT2D eigenvalue weighted by Crippen LogP contribution is -2.25. The van der Waals surface area contributed by atoms with Crippen LogP contribution < -0.4 is 0 Å². The number of carbonyl (C=O) groups excluding carboxylic acids is 1. The van der Waals surface area contributed by atoms with E-state index >= 15 is 0 Å². The minimum atomic E-state index is -0.349. The maximum Gasteiger partial charge on any atom is 0.297 e. The van der Waals surface area contributed by atoms with E-state index in [1.807, 2.05) is 0 Å². The molecule has 6 heteroatoms. The van der Waals surface area contributed by atoms with E-state index in [1.54, 1.807) is 22.9 Å². The standard InChI is InChI=1S/C12H12FN3O2/c1-15(18-2)12(17)11-7-16(8-14-11)10-5-3-9(13)4-6-10/h3-8H,1-2H3. The molecule has 0 fully saturated rings. The molecule has 5 nitrogen and oxygen atoms in total. The van der Waals surface area contributed by atoms with Crippen molar-refractivity contribution in [2.24, 2.45) is 0 Å². The molecule has 18 heavy (non-hydrogen) atoms. The first-order chi connectivity index (χ1) is 8.61. The van der Waals surface area contributed by atoms with E-state index in [1.165, 1.54) is 32.6 Å². The van der Waals surface area contributed by atoms with E-state index in [4.69, 9.17) is 4.84 Å². The average Bonchev–Trinajstić information content (AvgIpc) is 2.87. The number of aromatic nitrogens is 2. The number of nitrogens with zero attached hydrogens (tertiary/aromatic N) is 3. The Balaban J connectivity index is 2.25. The quantitative estimate of drug-likeness (QED) is 0.777. The van der Waals surface area contributed by atoms with Crippen LogP contribution in [0.5, 0.6) is 0 Å². The zero-order valence-electron chi connectivity index (χ0n) is 10.0. The van der Waals surface area contributed by atoms with Crippen molar-refractivity contribution in [2.75, 3.05) is 14.2 Å². The molecule has 2 rings (SSSR count). The van der Waals surface area contributed by atoms with Crippen LogP contribution in [0.15, 0.2) is 36.8 Å². The van der Waals surface area contributed by atoms with Gasteiger partial charge in [-0.1, -0.05) is 0 Å². The molecule has 1 amide bonds. The molecule has 0 aliphatic rings. The number of rotatable bonds is 3. The highest BCUT2D eigenvalue weighted by atomic mass is 19.1. The maximum absolute atomic E-state index is 12.8. The Labute approximate surface area is 103 Å². The Hall–Kier alpha value is -2.21. The first-order valence-corrected chi connectivity index (χ1v) is 5.24. The summed E-state index contributed by atoms with van der Waals surface area (Å²) >= 11 is 0. The molecule has 0 bridgehead atoms. The summed E-state index contributed by atoms with van der Waals surface area (Å²) in [5, 5.41) is 1.08. The fraction of sp³-hybridized carbons (Fsp3) is 0.167. The van der Waals surface area contributed by atoms with Gasteiger partial charge in [-0.15, -0.1) is 0 Å². The summed E-state index contributed by atoms with van der Waals surface area (Å²) in [4.78, 5) is 20.5. The Bertz CT molecular complexity index is 551. The molecule has 0 saturated carbocycles. The molecule has 0 spiro atoms. The molecule has 1 heterocycles. The fourth-order valence-electron chi connectivity index (χ4n) is 1.43. The third-order valence-electron chi connectivity index (χ3n) is 2.49. The summed E-state index contributed by atoms with van der Waals surface area (Å²) in [6, 6.07) is 5.90. The lowest BCUT2D eigenvalue weighted by atomic mass is 10.3. The van der Waals surface area contributed by atoms with Crippen LogP contribution in [0.3, 0.4) is 0 Å². The van der Waals surface area contributed by atoms with Gasteiger partial charge in [-0.05, 0) is 24.3 Å². The van der Waals surface area contributed by atoms with Crippen LogP contribution in [-0.2, 0) is 4.84 Å². The molecule has 0 unspecified atom stereocenters. The molecule has 0 atom stereocenters. The Morgan fingerprint density at radius 1 is 1.39 bits per heavy atom.